The average molecular weight is 443 g/mol. The molecule has 0 unspecified atom stereocenters. The molecular weight excluding hydrogens is 419 g/mol. The van der Waals surface area contributed by atoms with E-state index in [2.05, 4.69) is 0 Å². The first-order valence-corrected chi connectivity index (χ1v) is 11.0. The van der Waals surface area contributed by atoms with Crippen molar-refractivity contribution in [1.29, 1.82) is 0 Å². The van der Waals surface area contributed by atoms with Gasteiger partial charge in [-0.1, -0.05) is 25.4 Å². The number of hydrogen-bond acceptors (Lipinski definition) is 4. The molecule has 2 aromatic carbocycles. The summed E-state index contributed by atoms with van der Waals surface area (Å²) in [5.41, 5.74) is 0.0890. The lowest BCUT2D eigenvalue weighted by atomic mass is 10.2. The third-order valence-electron chi connectivity index (χ3n) is 4.36. The second kappa shape index (κ2) is 10.0. The van der Waals surface area contributed by atoms with Crippen LogP contribution in [0.5, 0.6) is 5.75 Å². The van der Waals surface area contributed by atoms with Crippen LogP contribution >= 0.6 is 11.6 Å². The highest BCUT2D eigenvalue weighted by atomic mass is 35.5. The number of sulfonamides is 1. The zero-order valence-corrected chi connectivity index (χ0v) is 18.1. The van der Waals surface area contributed by atoms with E-state index in [9.17, 15) is 17.6 Å². The molecule has 0 saturated carbocycles. The van der Waals surface area contributed by atoms with E-state index < -0.39 is 26.6 Å². The van der Waals surface area contributed by atoms with Gasteiger partial charge in [0.25, 0.3) is 5.91 Å². The average Bonchev–Trinajstić information content (AvgIpc) is 2.69. The number of benzene rings is 2. The van der Waals surface area contributed by atoms with E-state index in [0.29, 0.717) is 10.8 Å². The predicted molar refractivity (Wildman–Crippen MR) is 110 cm³/mol. The largest absolute Gasteiger partial charge is 0.492 e. The molecule has 0 fully saturated rings. The molecule has 158 valence electrons. The zero-order valence-electron chi connectivity index (χ0n) is 16.6. The molecule has 0 heterocycles. The topological polar surface area (TPSA) is 66.9 Å². The second-order valence-corrected chi connectivity index (χ2v) is 8.61. The van der Waals surface area contributed by atoms with E-state index in [1.807, 2.05) is 0 Å². The third kappa shape index (κ3) is 5.68. The summed E-state index contributed by atoms with van der Waals surface area (Å²) in [6.07, 6.45) is 0. The van der Waals surface area contributed by atoms with Gasteiger partial charge >= 0.3 is 0 Å². The van der Waals surface area contributed by atoms with E-state index in [0.717, 1.165) is 16.4 Å². The van der Waals surface area contributed by atoms with Crippen molar-refractivity contribution in [3.8, 4) is 5.75 Å². The van der Waals surface area contributed by atoms with Gasteiger partial charge in [-0.25, -0.2) is 12.8 Å². The summed E-state index contributed by atoms with van der Waals surface area (Å²) in [4.78, 5) is 13.5. The lowest BCUT2D eigenvalue weighted by molar-refractivity contribution is 0.0773. The summed E-state index contributed by atoms with van der Waals surface area (Å²) >= 11 is 5.82. The molecule has 0 aliphatic rings. The zero-order chi connectivity index (χ0) is 21.6. The van der Waals surface area contributed by atoms with Gasteiger partial charge in [0.05, 0.1) is 6.54 Å². The van der Waals surface area contributed by atoms with Crippen molar-refractivity contribution in [1.82, 2.24) is 9.21 Å². The molecule has 0 N–H and O–H groups in total. The molecular formula is C20H24ClFN2O4S. The van der Waals surface area contributed by atoms with Crippen molar-refractivity contribution in [2.75, 3.05) is 33.3 Å². The van der Waals surface area contributed by atoms with Gasteiger partial charge in [0.15, 0.2) is 0 Å². The minimum absolute atomic E-state index is 0.0890. The summed E-state index contributed by atoms with van der Waals surface area (Å²) < 4.78 is 46.2. The highest BCUT2D eigenvalue weighted by Gasteiger charge is 2.27. The minimum atomic E-state index is -4.02. The number of halogens is 2. The van der Waals surface area contributed by atoms with Gasteiger partial charge in [-0.2, -0.15) is 4.31 Å². The van der Waals surface area contributed by atoms with Gasteiger partial charge in [-0.15, -0.1) is 0 Å². The summed E-state index contributed by atoms with van der Waals surface area (Å²) in [7, 11) is -2.45. The molecule has 2 rings (SSSR count). The van der Waals surface area contributed by atoms with Gasteiger partial charge in [-0.05, 0) is 42.5 Å². The standard InChI is InChI=1S/C20H24ClFN2O4S/c1-4-24(5-2)29(26,27)19-14-15(6-11-18(19)22)20(25)23(3)12-13-28-17-9-7-16(21)8-10-17/h6-11,14H,4-5,12-13H2,1-3H3. The minimum Gasteiger partial charge on any atom is -0.492 e. The van der Waals surface area contributed by atoms with Crippen LogP contribution in [0.25, 0.3) is 0 Å². The Bertz CT molecular complexity index is 947. The molecule has 9 heteroatoms. The van der Waals surface area contributed by atoms with Crippen LogP contribution in [0.1, 0.15) is 24.2 Å². The molecule has 29 heavy (non-hydrogen) atoms. The van der Waals surface area contributed by atoms with E-state index in [4.69, 9.17) is 16.3 Å². The van der Waals surface area contributed by atoms with E-state index in [1.54, 1.807) is 45.2 Å². The van der Waals surface area contributed by atoms with Gasteiger partial charge in [-0.3, -0.25) is 4.79 Å². The summed E-state index contributed by atoms with van der Waals surface area (Å²) in [5, 5.41) is 0.594. The first kappa shape index (κ1) is 23.1. The van der Waals surface area contributed by atoms with Crippen LogP contribution in [-0.4, -0.2) is 56.8 Å². The van der Waals surface area contributed by atoms with Gasteiger partial charge in [0.1, 0.15) is 23.1 Å². The van der Waals surface area contributed by atoms with Crippen LogP contribution in [0.3, 0.4) is 0 Å². The van der Waals surface area contributed by atoms with Gasteiger partial charge < -0.3 is 9.64 Å². The number of rotatable bonds is 9. The Balaban J connectivity index is 2.11. The molecule has 0 atom stereocenters. The van der Waals surface area contributed by atoms with Crippen molar-refractivity contribution >= 4 is 27.5 Å². The maximum Gasteiger partial charge on any atom is 0.253 e. The Hall–Kier alpha value is -2.16. The molecule has 0 aliphatic carbocycles. The number of carbonyl (C=O) groups is 1. The van der Waals surface area contributed by atoms with Crippen LogP contribution < -0.4 is 4.74 Å². The van der Waals surface area contributed by atoms with E-state index in [1.165, 1.54) is 11.0 Å². The Kier molecular flexibility index (Phi) is 8.01. The molecule has 0 aliphatic heterocycles. The van der Waals surface area contributed by atoms with Crippen molar-refractivity contribution in [2.45, 2.75) is 18.7 Å². The molecule has 0 aromatic heterocycles. The SMILES string of the molecule is CCN(CC)S(=O)(=O)c1cc(C(=O)N(C)CCOc2ccc(Cl)cc2)ccc1F. The molecule has 0 saturated heterocycles. The maximum absolute atomic E-state index is 14.2. The fourth-order valence-electron chi connectivity index (χ4n) is 2.69. The molecule has 0 bridgehead atoms. The van der Waals surface area contributed by atoms with Gasteiger partial charge in [0.2, 0.25) is 10.0 Å². The first-order valence-electron chi connectivity index (χ1n) is 9.14. The molecule has 6 nitrogen and oxygen atoms in total. The van der Waals surface area contributed by atoms with Crippen LogP contribution in [-0.2, 0) is 10.0 Å². The first-order chi connectivity index (χ1) is 13.7. The van der Waals surface area contributed by atoms with Crippen LogP contribution in [0.4, 0.5) is 4.39 Å². The number of nitrogens with zero attached hydrogens (tertiary/aromatic N) is 2. The van der Waals surface area contributed by atoms with Gasteiger partial charge in [0, 0.05) is 30.7 Å². The quantitative estimate of drug-likeness (QED) is 0.594. The number of hydrogen-bond donors (Lipinski definition) is 0. The molecule has 0 radical (unpaired) electrons. The number of amides is 1. The van der Waals surface area contributed by atoms with Crippen LogP contribution in [0.15, 0.2) is 47.4 Å². The Morgan fingerprint density at radius 2 is 1.72 bits per heavy atom. The lowest BCUT2D eigenvalue weighted by Gasteiger charge is -2.20. The smallest absolute Gasteiger partial charge is 0.253 e. The number of likely N-dealkylation sites (N-methyl/N-ethyl adjacent to an activating group) is 1. The highest BCUT2D eigenvalue weighted by molar-refractivity contribution is 7.89. The third-order valence-corrected chi connectivity index (χ3v) is 6.67. The Morgan fingerprint density at radius 3 is 2.31 bits per heavy atom. The summed E-state index contributed by atoms with van der Waals surface area (Å²) in [6, 6.07) is 10.2. The van der Waals surface area contributed by atoms with E-state index >= 15 is 0 Å². The molecule has 2 aromatic rings. The Labute approximate surface area is 175 Å². The predicted octanol–water partition coefficient (Wildman–Crippen LogP) is 3.66. The number of ether oxygens (including phenoxy) is 1. The number of carbonyl (C=O) groups excluding carboxylic acids is 1. The maximum atomic E-state index is 14.2. The normalized spacial score (nSPS) is 11.5. The van der Waals surface area contributed by atoms with Crippen LogP contribution in [0, 0.1) is 5.82 Å². The fourth-order valence-corrected chi connectivity index (χ4v) is 4.36. The van der Waals surface area contributed by atoms with Crippen molar-refractivity contribution in [3.05, 3.63) is 58.9 Å². The second-order valence-electron chi connectivity index (χ2n) is 6.26. The lowest BCUT2D eigenvalue weighted by Crippen LogP contribution is -2.33. The van der Waals surface area contributed by atoms with Crippen molar-refractivity contribution in [3.63, 3.8) is 0 Å². The van der Waals surface area contributed by atoms with E-state index in [-0.39, 0.29) is 31.8 Å². The Morgan fingerprint density at radius 1 is 1.10 bits per heavy atom. The monoisotopic (exact) mass is 442 g/mol. The summed E-state index contributed by atoms with van der Waals surface area (Å²) in [5.74, 6) is -0.701. The summed E-state index contributed by atoms with van der Waals surface area (Å²) in [6.45, 7) is 4.24. The van der Waals surface area contributed by atoms with Crippen molar-refractivity contribution < 1.29 is 22.3 Å². The highest BCUT2D eigenvalue weighted by Crippen LogP contribution is 2.21. The van der Waals surface area contributed by atoms with Crippen molar-refractivity contribution in [2.24, 2.45) is 0 Å². The van der Waals surface area contributed by atoms with Crippen LogP contribution in [0.2, 0.25) is 5.02 Å². The fraction of sp³-hybridized carbons (Fsp3) is 0.350. The molecule has 1 amide bonds. The molecule has 0 spiro atoms.